The van der Waals surface area contributed by atoms with E-state index in [1.54, 1.807) is 0 Å². The van der Waals surface area contributed by atoms with Gasteiger partial charge in [0, 0.05) is 0 Å². The summed E-state index contributed by atoms with van der Waals surface area (Å²) in [7, 11) is 0. The molecule has 15 heavy (non-hydrogen) atoms. The van der Waals surface area contributed by atoms with E-state index in [0.29, 0.717) is 0 Å². The number of nitrogens with two attached hydrogens (primary N) is 1. The zero-order chi connectivity index (χ0) is 11.7. The molecular weight excluding hydrogens is 182 g/mol. The first-order valence-electron chi connectivity index (χ1n) is 6.85. The third-order valence-corrected chi connectivity index (χ3v) is 3.94. The lowest BCUT2D eigenvalue weighted by Gasteiger charge is -2.21. The van der Waals surface area contributed by atoms with E-state index in [2.05, 4.69) is 27.7 Å². The minimum Gasteiger partial charge on any atom is -0.330 e. The third-order valence-electron chi connectivity index (χ3n) is 3.94. The second-order valence-corrected chi connectivity index (χ2v) is 5.18. The zero-order valence-electron chi connectivity index (χ0n) is 11.3. The second kappa shape index (κ2) is 9.21. The Hall–Kier alpha value is -0.0400. The normalized spacial score (nSPS) is 17.4. The second-order valence-electron chi connectivity index (χ2n) is 5.18. The largest absolute Gasteiger partial charge is 0.330 e. The molecule has 0 spiro atoms. The van der Waals surface area contributed by atoms with Gasteiger partial charge in [0.1, 0.15) is 0 Å². The predicted molar refractivity (Wildman–Crippen MR) is 69.9 cm³/mol. The fraction of sp³-hybridized carbons (Fsp3) is 1.00. The highest BCUT2D eigenvalue weighted by molar-refractivity contribution is 4.66. The maximum Gasteiger partial charge on any atom is -0.00489 e. The maximum absolute atomic E-state index is 5.81. The van der Waals surface area contributed by atoms with Gasteiger partial charge in [-0.25, -0.2) is 0 Å². The molecule has 3 atom stereocenters. The molecule has 1 heteroatoms. The van der Waals surface area contributed by atoms with E-state index in [-0.39, 0.29) is 0 Å². The molecule has 0 saturated heterocycles. The number of hydrogen-bond acceptors (Lipinski definition) is 1. The molecule has 2 N–H and O–H groups in total. The lowest BCUT2D eigenvalue weighted by Crippen LogP contribution is -2.17. The van der Waals surface area contributed by atoms with Crippen molar-refractivity contribution in [1.82, 2.24) is 0 Å². The van der Waals surface area contributed by atoms with Crippen LogP contribution in [0, 0.1) is 17.8 Å². The molecule has 92 valence electrons. The quantitative estimate of drug-likeness (QED) is 0.610. The van der Waals surface area contributed by atoms with Gasteiger partial charge in [-0.3, -0.25) is 0 Å². The van der Waals surface area contributed by atoms with Crippen molar-refractivity contribution in [3.05, 3.63) is 0 Å². The van der Waals surface area contributed by atoms with Crippen LogP contribution in [0.4, 0.5) is 0 Å². The Morgan fingerprint density at radius 1 is 0.933 bits per heavy atom. The molecule has 0 aliphatic heterocycles. The molecular formula is C14H31N. The average molecular weight is 213 g/mol. The van der Waals surface area contributed by atoms with Gasteiger partial charge in [0.2, 0.25) is 0 Å². The first kappa shape index (κ1) is 15.0. The Labute approximate surface area is 96.8 Å². The summed E-state index contributed by atoms with van der Waals surface area (Å²) >= 11 is 0. The van der Waals surface area contributed by atoms with Gasteiger partial charge in [-0.15, -0.1) is 0 Å². The van der Waals surface area contributed by atoms with Crippen LogP contribution >= 0.6 is 0 Å². The lowest BCUT2D eigenvalue weighted by molar-refractivity contribution is 0.311. The first-order valence-corrected chi connectivity index (χ1v) is 6.85. The molecule has 0 rings (SSSR count). The van der Waals surface area contributed by atoms with Gasteiger partial charge in [0.15, 0.2) is 0 Å². The van der Waals surface area contributed by atoms with Gasteiger partial charge in [0.05, 0.1) is 0 Å². The molecule has 1 nitrogen and oxygen atoms in total. The minimum atomic E-state index is 0.774. The standard InChI is InChI=1S/C14H31N/c1-5-7-8-14(11-15)10-9-13(4)12(3)6-2/h12-14H,5-11,15H2,1-4H3/t12-,13?,14-/m1/s1. The Kier molecular flexibility index (Phi) is 9.18. The van der Waals surface area contributed by atoms with Crippen LogP contribution in [0.1, 0.15) is 66.2 Å². The molecule has 0 fully saturated rings. The Balaban J connectivity index is 3.69. The summed E-state index contributed by atoms with van der Waals surface area (Å²) in [5.41, 5.74) is 5.81. The van der Waals surface area contributed by atoms with Crippen LogP contribution in [0.25, 0.3) is 0 Å². The summed E-state index contributed by atoms with van der Waals surface area (Å²) in [5.74, 6) is 2.51. The van der Waals surface area contributed by atoms with E-state index < -0.39 is 0 Å². The van der Waals surface area contributed by atoms with Crippen molar-refractivity contribution in [2.24, 2.45) is 23.5 Å². The molecule has 0 radical (unpaired) electrons. The van der Waals surface area contributed by atoms with Gasteiger partial charge in [-0.05, 0) is 37.1 Å². The number of hydrogen-bond donors (Lipinski definition) is 1. The van der Waals surface area contributed by atoms with Crippen molar-refractivity contribution < 1.29 is 0 Å². The summed E-state index contributed by atoms with van der Waals surface area (Å²) < 4.78 is 0. The van der Waals surface area contributed by atoms with E-state index in [4.69, 9.17) is 5.73 Å². The molecule has 0 aromatic carbocycles. The molecule has 0 aromatic rings. The topological polar surface area (TPSA) is 26.0 Å². The van der Waals surface area contributed by atoms with Crippen LogP contribution in [0.2, 0.25) is 0 Å². The zero-order valence-corrected chi connectivity index (χ0v) is 11.3. The molecule has 1 unspecified atom stereocenters. The van der Waals surface area contributed by atoms with Gasteiger partial charge >= 0.3 is 0 Å². The van der Waals surface area contributed by atoms with Crippen LogP contribution in [0.5, 0.6) is 0 Å². The van der Waals surface area contributed by atoms with Gasteiger partial charge in [-0.1, -0.05) is 53.4 Å². The smallest absolute Gasteiger partial charge is 0.00489 e. The van der Waals surface area contributed by atoms with Crippen molar-refractivity contribution >= 4 is 0 Å². The monoisotopic (exact) mass is 213 g/mol. The highest BCUT2D eigenvalue weighted by Gasteiger charge is 2.13. The van der Waals surface area contributed by atoms with Crippen molar-refractivity contribution in [2.45, 2.75) is 66.2 Å². The third kappa shape index (κ3) is 6.94. The molecule has 0 heterocycles. The van der Waals surface area contributed by atoms with Crippen molar-refractivity contribution in [2.75, 3.05) is 6.54 Å². The maximum atomic E-state index is 5.81. The fourth-order valence-corrected chi connectivity index (χ4v) is 2.06. The number of unbranched alkanes of at least 4 members (excludes halogenated alkanes) is 1. The Morgan fingerprint density at radius 2 is 1.60 bits per heavy atom. The van der Waals surface area contributed by atoms with Crippen LogP contribution in [-0.2, 0) is 0 Å². The van der Waals surface area contributed by atoms with E-state index in [1.807, 2.05) is 0 Å². The molecule has 0 aliphatic rings. The summed E-state index contributed by atoms with van der Waals surface area (Å²) in [4.78, 5) is 0. The van der Waals surface area contributed by atoms with E-state index in [0.717, 1.165) is 24.3 Å². The first-order chi connectivity index (χ1) is 7.15. The molecule has 0 bridgehead atoms. The Morgan fingerprint density at radius 3 is 2.07 bits per heavy atom. The molecule has 0 saturated carbocycles. The lowest BCUT2D eigenvalue weighted by atomic mass is 9.86. The highest BCUT2D eigenvalue weighted by Crippen LogP contribution is 2.23. The van der Waals surface area contributed by atoms with Crippen LogP contribution in [-0.4, -0.2) is 6.54 Å². The van der Waals surface area contributed by atoms with E-state index in [1.165, 1.54) is 38.5 Å². The van der Waals surface area contributed by atoms with Crippen LogP contribution < -0.4 is 5.73 Å². The van der Waals surface area contributed by atoms with E-state index >= 15 is 0 Å². The summed E-state index contributed by atoms with van der Waals surface area (Å²) in [6.45, 7) is 10.2. The fourth-order valence-electron chi connectivity index (χ4n) is 2.06. The summed E-state index contributed by atoms with van der Waals surface area (Å²) in [5, 5.41) is 0. The van der Waals surface area contributed by atoms with Crippen molar-refractivity contribution in [1.29, 1.82) is 0 Å². The predicted octanol–water partition coefficient (Wildman–Crippen LogP) is 4.21. The van der Waals surface area contributed by atoms with Crippen LogP contribution in [0.15, 0.2) is 0 Å². The Bertz CT molecular complexity index is 133. The summed E-state index contributed by atoms with van der Waals surface area (Å²) in [6, 6.07) is 0. The van der Waals surface area contributed by atoms with Crippen LogP contribution in [0.3, 0.4) is 0 Å². The number of rotatable bonds is 9. The molecule has 0 aliphatic carbocycles. The van der Waals surface area contributed by atoms with Gasteiger partial charge < -0.3 is 5.73 Å². The average Bonchev–Trinajstić information content (AvgIpc) is 2.27. The van der Waals surface area contributed by atoms with Gasteiger partial charge in [0.25, 0.3) is 0 Å². The SMILES string of the molecule is CCCC[C@@H](CN)CCC(C)[C@H](C)CC. The highest BCUT2D eigenvalue weighted by atomic mass is 14.5. The molecule has 0 amide bonds. The van der Waals surface area contributed by atoms with E-state index in [9.17, 15) is 0 Å². The van der Waals surface area contributed by atoms with Crippen molar-refractivity contribution in [3.63, 3.8) is 0 Å². The van der Waals surface area contributed by atoms with Gasteiger partial charge in [-0.2, -0.15) is 0 Å². The molecule has 0 aromatic heterocycles. The van der Waals surface area contributed by atoms with Crippen molar-refractivity contribution in [3.8, 4) is 0 Å². The minimum absolute atomic E-state index is 0.774. The summed E-state index contributed by atoms with van der Waals surface area (Å²) in [6.07, 6.45) is 7.99.